The lowest BCUT2D eigenvalue weighted by Gasteiger charge is -2.13. The van der Waals surface area contributed by atoms with Crippen LogP contribution < -0.4 is 11.1 Å². The third kappa shape index (κ3) is 4.61. The Morgan fingerprint density at radius 3 is 2.76 bits per heavy atom. The smallest absolute Gasteiger partial charge is 0.239 e. The largest absolute Gasteiger partial charge is 0.399 e. The van der Waals surface area contributed by atoms with Crippen LogP contribution in [-0.2, 0) is 4.79 Å². The Labute approximate surface area is 155 Å². The molecule has 0 fully saturated rings. The number of thioether (sulfide) groups is 1. The number of hydrogen-bond donors (Lipinski definition) is 2. The maximum Gasteiger partial charge on any atom is 0.239 e. The summed E-state index contributed by atoms with van der Waals surface area (Å²) < 4.78 is 0. The lowest BCUT2D eigenvalue weighted by molar-refractivity contribution is -0.115. The molecule has 0 aliphatic heterocycles. The van der Waals surface area contributed by atoms with Gasteiger partial charge in [-0.15, -0.1) is 23.1 Å². The molecule has 0 saturated heterocycles. The van der Waals surface area contributed by atoms with Gasteiger partial charge in [-0.2, -0.15) is 0 Å². The Bertz CT molecular complexity index is 849. The minimum Gasteiger partial charge on any atom is -0.399 e. The van der Waals surface area contributed by atoms with Gasteiger partial charge in [0.2, 0.25) is 5.91 Å². The number of thiazole rings is 1. The van der Waals surface area contributed by atoms with E-state index in [4.69, 9.17) is 5.73 Å². The number of nitrogens with one attached hydrogen (secondary N) is 1. The molecule has 6 heteroatoms. The number of hydrogen-bond acceptors (Lipinski definition) is 5. The van der Waals surface area contributed by atoms with E-state index in [1.54, 1.807) is 0 Å². The molecule has 3 rings (SSSR count). The molecule has 2 aromatic carbocycles. The molecule has 3 aromatic rings. The molecule has 128 valence electrons. The van der Waals surface area contributed by atoms with Crippen LogP contribution in [-0.4, -0.2) is 16.1 Å². The zero-order chi connectivity index (χ0) is 17.6. The van der Waals surface area contributed by atoms with Crippen molar-refractivity contribution in [3.63, 3.8) is 0 Å². The van der Waals surface area contributed by atoms with Gasteiger partial charge in [0.25, 0.3) is 0 Å². The maximum atomic E-state index is 12.6. The Morgan fingerprint density at radius 2 is 2.04 bits per heavy atom. The zero-order valence-corrected chi connectivity index (χ0v) is 15.4. The molecule has 1 amide bonds. The Kier molecular flexibility index (Phi) is 5.73. The molecule has 0 saturated carbocycles. The van der Waals surface area contributed by atoms with E-state index in [1.807, 2.05) is 66.9 Å². The van der Waals surface area contributed by atoms with Gasteiger partial charge < -0.3 is 11.1 Å². The molecule has 1 atom stereocenters. The highest BCUT2D eigenvalue weighted by molar-refractivity contribution is 8.00. The molecule has 1 heterocycles. The van der Waals surface area contributed by atoms with E-state index < -0.39 is 0 Å². The van der Waals surface area contributed by atoms with Gasteiger partial charge in [0.1, 0.15) is 0 Å². The van der Waals surface area contributed by atoms with Gasteiger partial charge in [-0.05, 0) is 24.6 Å². The normalized spacial score (nSPS) is 11.9. The molecule has 0 aliphatic carbocycles. The number of nitrogens with two attached hydrogens (primary N) is 1. The summed E-state index contributed by atoms with van der Waals surface area (Å²) in [6, 6.07) is 17.5. The highest BCUT2D eigenvalue weighted by atomic mass is 32.2. The van der Waals surface area contributed by atoms with Gasteiger partial charge in [-0.3, -0.25) is 4.79 Å². The van der Waals surface area contributed by atoms with Crippen LogP contribution in [0.2, 0.25) is 0 Å². The highest BCUT2D eigenvalue weighted by Crippen LogP contribution is 2.29. The molecular formula is C19H19N3OS2. The van der Waals surface area contributed by atoms with Crippen molar-refractivity contribution in [1.29, 1.82) is 0 Å². The van der Waals surface area contributed by atoms with Crippen molar-refractivity contribution in [2.45, 2.75) is 23.5 Å². The summed E-state index contributed by atoms with van der Waals surface area (Å²) in [4.78, 5) is 18.1. The van der Waals surface area contributed by atoms with Crippen LogP contribution in [0.15, 0.2) is 64.9 Å². The number of anilines is 2. The predicted octanol–water partition coefficient (Wildman–Crippen LogP) is 4.90. The fourth-order valence-electron chi connectivity index (χ4n) is 2.33. The first kappa shape index (κ1) is 17.5. The van der Waals surface area contributed by atoms with Gasteiger partial charge >= 0.3 is 0 Å². The highest BCUT2D eigenvalue weighted by Gasteiger charge is 2.19. The Morgan fingerprint density at radius 1 is 1.24 bits per heavy atom. The van der Waals surface area contributed by atoms with E-state index in [1.165, 1.54) is 23.1 Å². The lowest BCUT2D eigenvalue weighted by Crippen LogP contribution is -2.24. The molecule has 0 bridgehead atoms. The van der Waals surface area contributed by atoms with Gasteiger partial charge in [-0.1, -0.05) is 43.3 Å². The summed E-state index contributed by atoms with van der Waals surface area (Å²) in [6.45, 7) is 2.00. The molecular weight excluding hydrogens is 350 g/mol. The second kappa shape index (κ2) is 8.18. The van der Waals surface area contributed by atoms with Crippen molar-refractivity contribution in [1.82, 2.24) is 4.98 Å². The monoisotopic (exact) mass is 369 g/mol. The first-order valence-electron chi connectivity index (χ1n) is 7.99. The fourth-order valence-corrected chi connectivity index (χ4v) is 4.08. The number of carbonyl (C=O) groups is 1. The number of carbonyl (C=O) groups excluding carboxylic acids is 1. The topological polar surface area (TPSA) is 68.0 Å². The number of amides is 1. The summed E-state index contributed by atoms with van der Waals surface area (Å²) in [5.41, 5.74) is 8.43. The summed E-state index contributed by atoms with van der Waals surface area (Å²) in [5, 5.41) is 5.32. The summed E-state index contributed by atoms with van der Waals surface area (Å²) in [7, 11) is 0. The molecule has 25 heavy (non-hydrogen) atoms. The van der Waals surface area contributed by atoms with Crippen molar-refractivity contribution >= 4 is 39.8 Å². The fraction of sp³-hybridized carbons (Fsp3) is 0.158. The molecule has 1 aromatic heterocycles. The van der Waals surface area contributed by atoms with Crippen LogP contribution in [0.5, 0.6) is 0 Å². The quantitative estimate of drug-likeness (QED) is 0.479. The average Bonchev–Trinajstić information content (AvgIpc) is 3.09. The molecule has 4 nitrogen and oxygen atoms in total. The van der Waals surface area contributed by atoms with Crippen molar-refractivity contribution in [3.05, 3.63) is 60.0 Å². The van der Waals surface area contributed by atoms with E-state index in [0.29, 0.717) is 10.8 Å². The molecule has 0 radical (unpaired) electrons. The molecule has 3 N–H and O–H groups in total. The third-order valence-corrected chi connectivity index (χ3v) is 5.72. The first-order chi connectivity index (χ1) is 12.2. The third-order valence-electron chi connectivity index (χ3n) is 3.60. The maximum absolute atomic E-state index is 12.6. The minimum atomic E-state index is -0.189. The van der Waals surface area contributed by atoms with E-state index in [9.17, 15) is 4.79 Å². The van der Waals surface area contributed by atoms with Gasteiger partial charge in [0.05, 0.1) is 10.9 Å². The number of nitrogens with zero attached hydrogens (tertiary/aromatic N) is 1. The summed E-state index contributed by atoms with van der Waals surface area (Å²) in [6.07, 6.45) is 0.724. The van der Waals surface area contributed by atoms with Crippen LogP contribution in [0.4, 0.5) is 10.8 Å². The van der Waals surface area contributed by atoms with Crippen LogP contribution in [0.25, 0.3) is 11.3 Å². The lowest BCUT2D eigenvalue weighted by atomic mass is 10.2. The van der Waals surface area contributed by atoms with Crippen LogP contribution >= 0.6 is 23.1 Å². The summed E-state index contributed by atoms with van der Waals surface area (Å²) >= 11 is 2.96. The Balaban J connectivity index is 1.67. The number of nitrogen functional groups attached to an aromatic ring is 1. The standard InChI is InChI=1S/C19H19N3OS2/c1-2-17(25-15-10-6-9-14(20)11-15)18(23)22-19-21-16(12-24-19)13-7-4-3-5-8-13/h3-12,17H,2,20H2,1H3,(H,21,22,23). The van der Waals surface area contributed by atoms with Crippen LogP contribution in [0.1, 0.15) is 13.3 Å². The number of benzene rings is 2. The second-order valence-corrected chi connectivity index (χ2v) is 7.61. The predicted molar refractivity (Wildman–Crippen MR) is 107 cm³/mol. The SMILES string of the molecule is CCC(Sc1cccc(N)c1)C(=O)Nc1nc(-c2ccccc2)cs1. The van der Waals surface area contributed by atoms with Gasteiger partial charge in [0.15, 0.2) is 5.13 Å². The number of aromatic nitrogens is 1. The van der Waals surface area contributed by atoms with Crippen molar-refractivity contribution in [3.8, 4) is 11.3 Å². The van der Waals surface area contributed by atoms with Crippen molar-refractivity contribution in [2.75, 3.05) is 11.1 Å². The van der Waals surface area contributed by atoms with Crippen molar-refractivity contribution in [2.24, 2.45) is 0 Å². The molecule has 0 spiro atoms. The average molecular weight is 370 g/mol. The van der Waals surface area contributed by atoms with Crippen LogP contribution in [0, 0.1) is 0 Å². The van der Waals surface area contributed by atoms with E-state index in [-0.39, 0.29) is 11.2 Å². The van der Waals surface area contributed by atoms with E-state index >= 15 is 0 Å². The van der Waals surface area contributed by atoms with E-state index in [2.05, 4.69) is 10.3 Å². The number of rotatable bonds is 6. The molecule has 1 unspecified atom stereocenters. The summed E-state index contributed by atoms with van der Waals surface area (Å²) in [5.74, 6) is -0.0381. The minimum absolute atomic E-state index is 0.0381. The van der Waals surface area contributed by atoms with Crippen LogP contribution in [0.3, 0.4) is 0 Å². The molecule has 0 aliphatic rings. The van der Waals surface area contributed by atoms with E-state index in [0.717, 1.165) is 22.6 Å². The van der Waals surface area contributed by atoms with Crippen molar-refractivity contribution < 1.29 is 4.79 Å². The first-order valence-corrected chi connectivity index (χ1v) is 9.75. The van der Waals surface area contributed by atoms with Gasteiger partial charge in [0, 0.05) is 21.5 Å². The Hall–Kier alpha value is -2.31. The second-order valence-electron chi connectivity index (χ2n) is 5.48. The van der Waals surface area contributed by atoms with Gasteiger partial charge in [-0.25, -0.2) is 4.98 Å². The zero-order valence-electron chi connectivity index (χ0n) is 13.8.